The summed E-state index contributed by atoms with van der Waals surface area (Å²) in [5.74, 6) is 0.957. The van der Waals surface area contributed by atoms with Gasteiger partial charge in [-0.15, -0.1) is 0 Å². The van der Waals surface area contributed by atoms with Crippen LogP contribution < -0.4 is 0 Å². The Hall–Kier alpha value is -0.211. The fraction of sp³-hybridized carbons (Fsp3) is 0.667. The molecule has 42 valence electrons. The SMILES string of the molecule is CC(=O)[Se](C)(=O)=O. The molecule has 3 nitrogen and oxygen atoms in total. The van der Waals surface area contributed by atoms with Crippen molar-refractivity contribution in [2.24, 2.45) is 0 Å². The summed E-state index contributed by atoms with van der Waals surface area (Å²) in [4.78, 5) is 9.91. The topological polar surface area (TPSA) is 51.2 Å². The van der Waals surface area contributed by atoms with Gasteiger partial charge in [-0.3, -0.25) is 0 Å². The molecule has 0 spiro atoms. The first kappa shape index (κ1) is 6.79. The molecule has 0 aliphatic rings. The van der Waals surface area contributed by atoms with Crippen molar-refractivity contribution < 1.29 is 12.5 Å². The maximum absolute atomic E-state index is 10.1. The molecule has 0 atom stereocenters. The van der Waals surface area contributed by atoms with Crippen LogP contribution >= 0.6 is 0 Å². The van der Waals surface area contributed by atoms with Gasteiger partial charge in [-0.2, -0.15) is 0 Å². The standard InChI is InChI=1S/C3H6O3Se/c1-3(4)7(2,5)6/h1-2H3. The average Bonchev–Trinajstić information content (AvgIpc) is 1.31. The van der Waals surface area contributed by atoms with E-state index in [-0.39, 0.29) is 0 Å². The van der Waals surface area contributed by atoms with Crippen molar-refractivity contribution in [2.75, 3.05) is 0 Å². The minimum atomic E-state index is -4.03. The molecule has 0 saturated carbocycles. The Morgan fingerprint density at radius 3 is 1.57 bits per heavy atom. The van der Waals surface area contributed by atoms with Gasteiger partial charge in [-0.05, 0) is 0 Å². The molecule has 0 heterocycles. The summed E-state index contributed by atoms with van der Waals surface area (Å²) in [6.45, 7) is 1.06. The summed E-state index contributed by atoms with van der Waals surface area (Å²) < 4.78 is 19.4. The van der Waals surface area contributed by atoms with Gasteiger partial charge in [0, 0.05) is 0 Å². The van der Waals surface area contributed by atoms with Crippen LogP contribution in [-0.4, -0.2) is 17.4 Å². The van der Waals surface area contributed by atoms with E-state index in [1.54, 1.807) is 0 Å². The van der Waals surface area contributed by atoms with E-state index >= 15 is 0 Å². The van der Waals surface area contributed by atoms with E-state index in [1.165, 1.54) is 0 Å². The third-order valence-electron chi connectivity index (χ3n) is 0.522. The fourth-order valence-corrected chi connectivity index (χ4v) is 0. The van der Waals surface area contributed by atoms with Crippen LogP contribution in [0.5, 0.6) is 0 Å². The zero-order valence-electron chi connectivity index (χ0n) is 4.13. The van der Waals surface area contributed by atoms with Crippen LogP contribution in [0.4, 0.5) is 0 Å². The van der Waals surface area contributed by atoms with Gasteiger partial charge < -0.3 is 0 Å². The van der Waals surface area contributed by atoms with Crippen molar-refractivity contribution in [1.82, 2.24) is 0 Å². The quantitative estimate of drug-likeness (QED) is 0.521. The summed E-state index contributed by atoms with van der Waals surface area (Å²) >= 11 is -4.03. The van der Waals surface area contributed by atoms with Crippen LogP contribution in [0.25, 0.3) is 0 Å². The van der Waals surface area contributed by atoms with Gasteiger partial charge >= 0.3 is 42.6 Å². The first-order chi connectivity index (χ1) is 2.94. The van der Waals surface area contributed by atoms with Crippen LogP contribution in [0, 0.1) is 0 Å². The summed E-state index contributed by atoms with van der Waals surface area (Å²) in [6, 6.07) is 0. The molecular weight excluding hydrogens is 163 g/mol. The molecule has 0 aliphatic carbocycles. The molecule has 0 amide bonds. The Kier molecular flexibility index (Phi) is 1.67. The fourth-order valence-electron chi connectivity index (χ4n) is 0. The maximum atomic E-state index is 10.1. The molecule has 0 rings (SSSR count). The second-order valence-corrected chi connectivity index (χ2v) is 5.71. The minimum absolute atomic E-state index is 0.712. The van der Waals surface area contributed by atoms with Crippen molar-refractivity contribution >= 4 is 17.4 Å². The molecule has 0 aliphatic heterocycles. The van der Waals surface area contributed by atoms with Gasteiger partial charge in [0.1, 0.15) is 0 Å². The molecule has 0 fully saturated rings. The van der Waals surface area contributed by atoms with E-state index in [9.17, 15) is 12.5 Å². The molecule has 0 radical (unpaired) electrons. The molecule has 4 heteroatoms. The predicted molar refractivity (Wildman–Crippen MR) is 23.7 cm³/mol. The summed E-state index contributed by atoms with van der Waals surface area (Å²) in [5.41, 5.74) is 0. The molecule has 0 saturated heterocycles. The molecule has 0 aromatic rings. The van der Waals surface area contributed by atoms with E-state index in [1.807, 2.05) is 0 Å². The summed E-state index contributed by atoms with van der Waals surface area (Å²) in [7, 11) is 0. The van der Waals surface area contributed by atoms with Crippen molar-refractivity contribution in [3.8, 4) is 0 Å². The molecule has 0 aromatic carbocycles. The zero-order valence-corrected chi connectivity index (χ0v) is 5.85. The molecule has 0 aromatic heterocycles. The molecule has 7 heavy (non-hydrogen) atoms. The number of carbonyl (C=O) groups excluding carboxylic acids is 1. The van der Waals surface area contributed by atoms with Crippen molar-refractivity contribution in [1.29, 1.82) is 0 Å². The summed E-state index contributed by atoms with van der Waals surface area (Å²) in [5, 5.41) is 0. The van der Waals surface area contributed by atoms with Crippen LogP contribution in [0.3, 0.4) is 0 Å². The Morgan fingerprint density at radius 1 is 1.43 bits per heavy atom. The third-order valence-corrected chi connectivity index (χ3v) is 2.71. The Labute approximate surface area is 43.3 Å². The van der Waals surface area contributed by atoms with Crippen LogP contribution in [0.2, 0.25) is 5.82 Å². The van der Waals surface area contributed by atoms with Crippen LogP contribution in [-0.2, 0) is 12.5 Å². The van der Waals surface area contributed by atoms with Crippen molar-refractivity contribution in [3.63, 3.8) is 0 Å². The first-order valence-corrected chi connectivity index (χ1v) is 5.62. The van der Waals surface area contributed by atoms with Crippen LogP contribution in [0.15, 0.2) is 0 Å². The monoisotopic (exact) mass is 170 g/mol. The first-order valence-electron chi connectivity index (χ1n) is 1.65. The zero-order chi connectivity index (χ0) is 6.08. The van der Waals surface area contributed by atoms with Crippen molar-refractivity contribution in [2.45, 2.75) is 12.7 Å². The van der Waals surface area contributed by atoms with Gasteiger partial charge in [0.05, 0.1) is 0 Å². The third kappa shape index (κ3) is 2.48. The Morgan fingerprint density at radius 2 is 1.57 bits per heavy atom. The van der Waals surface area contributed by atoms with Gasteiger partial charge in [0.15, 0.2) is 0 Å². The van der Waals surface area contributed by atoms with E-state index < -0.39 is 17.4 Å². The second kappa shape index (κ2) is 1.72. The number of hydrogen-bond acceptors (Lipinski definition) is 3. The van der Waals surface area contributed by atoms with Gasteiger partial charge in [0.2, 0.25) is 0 Å². The average molecular weight is 169 g/mol. The number of rotatable bonds is 1. The van der Waals surface area contributed by atoms with E-state index in [0.29, 0.717) is 0 Å². The normalized spacial score (nSPS) is 11.1. The van der Waals surface area contributed by atoms with Gasteiger partial charge in [-0.1, -0.05) is 0 Å². The van der Waals surface area contributed by atoms with Crippen molar-refractivity contribution in [3.05, 3.63) is 0 Å². The molecular formula is C3H6O3Se. The second-order valence-electron chi connectivity index (χ2n) is 1.26. The van der Waals surface area contributed by atoms with Gasteiger partial charge in [-0.25, -0.2) is 0 Å². The molecule has 0 N–H and O–H groups in total. The Bertz CT molecular complexity index is 165. The van der Waals surface area contributed by atoms with Gasteiger partial charge in [0.25, 0.3) is 0 Å². The summed E-state index contributed by atoms with van der Waals surface area (Å²) in [6.07, 6.45) is 0. The number of hydrogen-bond donors (Lipinski definition) is 0. The van der Waals surface area contributed by atoms with E-state index in [4.69, 9.17) is 0 Å². The molecule has 0 unspecified atom stereocenters. The number of carbonyl (C=O) groups is 1. The molecule has 0 bridgehead atoms. The van der Waals surface area contributed by atoms with Crippen LogP contribution in [0.1, 0.15) is 6.92 Å². The Balaban J connectivity index is 4.43. The predicted octanol–water partition coefficient (Wildman–Crippen LogP) is 0.0476. The van der Waals surface area contributed by atoms with E-state index in [0.717, 1.165) is 12.7 Å². The van der Waals surface area contributed by atoms with E-state index in [2.05, 4.69) is 0 Å².